The molecule has 0 amide bonds. The third-order valence-corrected chi connectivity index (χ3v) is 2.36. The van der Waals surface area contributed by atoms with Gasteiger partial charge in [-0.05, 0) is 32.4 Å². The molecule has 0 atom stereocenters. The molecule has 0 fully saturated rings. The van der Waals surface area contributed by atoms with Crippen LogP contribution < -0.4 is 5.32 Å². The number of hydrogen-bond acceptors (Lipinski definition) is 4. The van der Waals surface area contributed by atoms with E-state index in [-0.39, 0.29) is 10.9 Å². The number of anilines is 1. The maximum atomic E-state index is 5.71. The van der Waals surface area contributed by atoms with Crippen molar-refractivity contribution in [2.24, 2.45) is 0 Å². The smallest absolute Gasteiger partial charge is 0.224 e. The Labute approximate surface area is 95.0 Å². The molecule has 1 N–H and O–H groups in total. The van der Waals surface area contributed by atoms with Gasteiger partial charge in [0.1, 0.15) is 5.82 Å². The molecular weight excluding hydrogens is 214 g/mol. The highest BCUT2D eigenvalue weighted by Gasteiger charge is 2.16. The van der Waals surface area contributed by atoms with E-state index < -0.39 is 0 Å². The van der Waals surface area contributed by atoms with E-state index in [1.54, 1.807) is 13.3 Å². The van der Waals surface area contributed by atoms with Gasteiger partial charge in [-0.15, -0.1) is 0 Å². The summed E-state index contributed by atoms with van der Waals surface area (Å²) in [5, 5.41) is 3.43. The Balaban J connectivity index is 2.69. The summed E-state index contributed by atoms with van der Waals surface area (Å²) in [5.41, 5.74) is 0.732. The van der Waals surface area contributed by atoms with Crippen LogP contribution in [0.2, 0.25) is 5.28 Å². The van der Waals surface area contributed by atoms with Crippen molar-refractivity contribution in [3.63, 3.8) is 0 Å². The van der Waals surface area contributed by atoms with Crippen molar-refractivity contribution in [2.75, 3.05) is 19.0 Å². The van der Waals surface area contributed by atoms with Gasteiger partial charge in [-0.2, -0.15) is 0 Å². The van der Waals surface area contributed by atoms with Crippen molar-refractivity contribution in [1.82, 2.24) is 9.97 Å². The highest BCUT2D eigenvalue weighted by molar-refractivity contribution is 6.28. The van der Waals surface area contributed by atoms with Crippen LogP contribution in [0.25, 0.3) is 0 Å². The van der Waals surface area contributed by atoms with E-state index in [1.165, 1.54) is 0 Å². The van der Waals surface area contributed by atoms with Gasteiger partial charge < -0.3 is 10.1 Å². The minimum absolute atomic E-state index is 0.232. The van der Waals surface area contributed by atoms with E-state index >= 15 is 0 Å². The number of rotatable bonds is 4. The maximum Gasteiger partial charge on any atom is 0.224 e. The zero-order valence-corrected chi connectivity index (χ0v) is 10.2. The number of ether oxygens (including phenoxy) is 1. The first-order chi connectivity index (χ1) is 6.94. The molecule has 5 heteroatoms. The normalized spacial score (nSPS) is 11.5. The van der Waals surface area contributed by atoms with E-state index in [2.05, 4.69) is 15.3 Å². The summed E-state index contributed by atoms with van der Waals surface area (Å²) in [4.78, 5) is 7.98. The number of aromatic nitrogens is 2. The molecule has 0 spiro atoms. The van der Waals surface area contributed by atoms with Crippen LogP contribution in [0.15, 0.2) is 6.20 Å². The van der Waals surface area contributed by atoms with E-state index in [0.29, 0.717) is 6.54 Å². The molecule has 1 rings (SSSR count). The monoisotopic (exact) mass is 229 g/mol. The Bertz CT molecular complexity index is 341. The minimum Gasteiger partial charge on any atom is -0.377 e. The van der Waals surface area contributed by atoms with Crippen molar-refractivity contribution in [1.29, 1.82) is 0 Å². The van der Waals surface area contributed by atoms with Gasteiger partial charge in [-0.25, -0.2) is 9.97 Å². The Morgan fingerprint density at radius 3 is 2.80 bits per heavy atom. The van der Waals surface area contributed by atoms with E-state index in [0.717, 1.165) is 11.4 Å². The minimum atomic E-state index is -0.232. The molecule has 0 aliphatic heterocycles. The van der Waals surface area contributed by atoms with Crippen molar-refractivity contribution in [2.45, 2.75) is 26.4 Å². The predicted octanol–water partition coefficient (Wildman–Crippen LogP) is 2.28. The lowest BCUT2D eigenvalue weighted by atomic mass is 10.1. The number of halogens is 1. The molecule has 4 nitrogen and oxygen atoms in total. The second-order valence-electron chi connectivity index (χ2n) is 3.99. The molecule has 0 saturated heterocycles. The first-order valence-corrected chi connectivity index (χ1v) is 5.10. The van der Waals surface area contributed by atoms with Gasteiger partial charge in [0.05, 0.1) is 5.60 Å². The van der Waals surface area contributed by atoms with Crippen LogP contribution in [0.3, 0.4) is 0 Å². The summed E-state index contributed by atoms with van der Waals surface area (Å²) in [7, 11) is 1.68. The lowest BCUT2D eigenvalue weighted by Gasteiger charge is -2.23. The molecule has 0 aliphatic carbocycles. The third-order valence-electron chi connectivity index (χ3n) is 2.18. The van der Waals surface area contributed by atoms with Crippen molar-refractivity contribution >= 4 is 17.4 Å². The van der Waals surface area contributed by atoms with Crippen LogP contribution in [0.1, 0.15) is 19.4 Å². The molecule has 1 heterocycles. The van der Waals surface area contributed by atoms with Crippen LogP contribution >= 0.6 is 11.6 Å². The van der Waals surface area contributed by atoms with Gasteiger partial charge in [0.15, 0.2) is 0 Å². The molecule has 0 saturated carbocycles. The summed E-state index contributed by atoms with van der Waals surface area (Å²) in [6, 6.07) is 0. The van der Waals surface area contributed by atoms with E-state index in [4.69, 9.17) is 16.3 Å². The quantitative estimate of drug-likeness (QED) is 0.805. The summed E-state index contributed by atoms with van der Waals surface area (Å²) >= 11 is 5.71. The molecule has 84 valence electrons. The third kappa shape index (κ3) is 3.64. The largest absolute Gasteiger partial charge is 0.377 e. The molecule has 0 unspecified atom stereocenters. The second kappa shape index (κ2) is 4.77. The van der Waals surface area contributed by atoms with Crippen LogP contribution in [-0.2, 0) is 4.74 Å². The summed E-state index contributed by atoms with van der Waals surface area (Å²) in [6.45, 7) is 6.59. The fourth-order valence-corrected chi connectivity index (χ4v) is 1.10. The molecule has 1 aromatic heterocycles. The first kappa shape index (κ1) is 12.2. The lowest BCUT2D eigenvalue weighted by Crippen LogP contribution is -2.32. The Morgan fingerprint density at radius 1 is 1.53 bits per heavy atom. The van der Waals surface area contributed by atoms with Gasteiger partial charge >= 0.3 is 0 Å². The van der Waals surface area contributed by atoms with Crippen molar-refractivity contribution in [3.05, 3.63) is 17.0 Å². The topological polar surface area (TPSA) is 47.0 Å². The van der Waals surface area contributed by atoms with Gasteiger partial charge in [-0.1, -0.05) is 0 Å². The number of nitrogens with one attached hydrogen (secondary N) is 1. The highest BCUT2D eigenvalue weighted by atomic mass is 35.5. The molecule has 0 aliphatic rings. The molecule has 0 bridgehead atoms. The van der Waals surface area contributed by atoms with Crippen molar-refractivity contribution in [3.8, 4) is 0 Å². The lowest BCUT2D eigenvalue weighted by molar-refractivity contribution is 0.0343. The molecule has 15 heavy (non-hydrogen) atoms. The average Bonchev–Trinajstić information content (AvgIpc) is 2.20. The summed E-state index contributed by atoms with van der Waals surface area (Å²) in [6.07, 6.45) is 1.69. The van der Waals surface area contributed by atoms with Crippen LogP contribution in [0, 0.1) is 6.92 Å². The Kier molecular flexibility index (Phi) is 3.88. The zero-order valence-electron chi connectivity index (χ0n) is 9.47. The SMILES string of the molecule is COC(C)(C)CNc1nc(Cl)ncc1C. The highest BCUT2D eigenvalue weighted by Crippen LogP contribution is 2.15. The molecule has 1 aromatic rings. The standard InChI is InChI=1S/C10H16ClN3O/c1-7-5-12-9(11)14-8(7)13-6-10(2,3)15-4/h5H,6H2,1-4H3,(H,12,13,14). The summed E-state index contributed by atoms with van der Waals surface area (Å²) in [5.74, 6) is 0.750. The molecule has 0 aromatic carbocycles. The van der Waals surface area contributed by atoms with Crippen LogP contribution in [0.4, 0.5) is 5.82 Å². The fraction of sp³-hybridized carbons (Fsp3) is 0.600. The predicted molar refractivity (Wildman–Crippen MR) is 61.4 cm³/mol. The van der Waals surface area contributed by atoms with Crippen LogP contribution in [0.5, 0.6) is 0 Å². The summed E-state index contributed by atoms with van der Waals surface area (Å²) < 4.78 is 5.29. The van der Waals surface area contributed by atoms with Gasteiger partial charge in [-0.3, -0.25) is 0 Å². The van der Waals surface area contributed by atoms with Gasteiger partial charge in [0.25, 0.3) is 0 Å². The first-order valence-electron chi connectivity index (χ1n) is 4.73. The van der Waals surface area contributed by atoms with E-state index in [1.807, 2.05) is 20.8 Å². The van der Waals surface area contributed by atoms with Crippen molar-refractivity contribution < 1.29 is 4.74 Å². The van der Waals surface area contributed by atoms with Crippen LogP contribution in [-0.4, -0.2) is 29.2 Å². The van der Waals surface area contributed by atoms with Gasteiger partial charge in [0.2, 0.25) is 5.28 Å². The van der Waals surface area contributed by atoms with Gasteiger partial charge in [0, 0.05) is 25.4 Å². The van der Waals surface area contributed by atoms with E-state index in [9.17, 15) is 0 Å². The number of nitrogens with zero attached hydrogens (tertiary/aromatic N) is 2. The zero-order chi connectivity index (χ0) is 11.5. The number of hydrogen-bond donors (Lipinski definition) is 1. The number of methoxy groups -OCH3 is 1. The maximum absolute atomic E-state index is 5.71. The Morgan fingerprint density at radius 2 is 2.20 bits per heavy atom. The second-order valence-corrected chi connectivity index (χ2v) is 4.33. The Hall–Kier alpha value is -0.870. The number of aryl methyl sites for hydroxylation is 1. The fourth-order valence-electron chi connectivity index (χ4n) is 0.968. The molecular formula is C10H16ClN3O. The molecule has 0 radical (unpaired) electrons. The average molecular weight is 230 g/mol.